The molecule has 1 aromatic carbocycles. The summed E-state index contributed by atoms with van der Waals surface area (Å²) >= 11 is 0. The summed E-state index contributed by atoms with van der Waals surface area (Å²) in [6.07, 6.45) is -1.84. The van der Waals surface area contributed by atoms with E-state index in [1.54, 1.807) is 71.9 Å². The second-order valence-corrected chi connectivity index (χ2v) is 20.7. The maximum atomic E-state index is 14.3. The molecule has 0 spiro atoms. The van der Waals surface area contributed by atoms with E-state index >= 15 is 0 Å². The molecule has 0 aliphatic heterocycles. The molecule has 0 aromatic heterocycles. The number of carboxylic acids is 3. The molecule has 9 amide bonds. The summed E-state index contributed by atoms with van der Waals surface area (Å²) in [5.74, 6) is -13.6. The van der Waals surface area contributed by atoms with E-state index in [2.05, 4.69) is 42.5 Å². The van der Waals surface area contributed by atoms with Crippen molar-refractivity contribution >= 4 is 71.1 Å². The second-order valence-electron chi connectivity index (χ2n) is 20.7. The van der Waals surface area contributed by atoms with Gasteiger partial charge in [0.25, 0.3) is 0 Å². The molecular formula is C52H86N12O15. The van der Waals surface area contributed by atoms with Gasteiger partial charge in [0.1, 0.15) is 48.3 Å². The molecule has 0 saturated heterocycles. The lowest BCUT2D eigenvalue weighted by atomic mass is 10.00. The third kappa shape index (κ3) is 28.3. The SMILES string of the molecule is CC(C)C[C@H](NC(=O)[C@H](CC(=O)O)NC(=O)[C@H](CCCCN)NC(=O)[C@H](CC(C)C)NC(=O)[C@H](CCC(N)=O)NC(=O)[C@H](Cc1ccccc1)NC(=O)[C@@H](N)C(C)C)C(=O)N[C@@H](CCC(=O)O)C(=O)N[C@@H](CCCCN)C(=O)O. The lowest BCUT2D eigenvalue weighted by molar-refractivity contribution is -0.143. The molecule has 0 fully saturated rings. The van der Waals surface area contributed by atoms with Gasteiger partial charge in [0.2, 0.25) is 53.2 Å². The standard InChI is InChI=1S/C52H86N12O15/c1-28(2)24-36(61-46(72)33(18-20-40(55)65)58-49(75)38(26-31-14-8-7-9-15-31)64-51(77)43(56)30(5)6)47(73)57-32(16-10-12-22-53)44(70)63-39(27-42(68)69)50(76)62-37(25-29(3)4)48(74)59-34(19-21-41(66)67)45(71)60-35(52(78)79)17-11-13-23-54/h7-9,14-15,28-30,32-39,43H,10-13,16-27,53-54,56H2,1-6H3,(H2,55,65)(H,57,73)(H,58,75)(H,59,74)(H,60,71)(H,61,72)(H,62,76)(H,63,70)(H,64,77)(H,66,67)(H,68,69)(H,78,79)/t32-,33-,34-,35-,36-,37-,38-,39-,43-/m0/s1. The molecule has 0 unspecified atom stereocenters. The largest absolute Gasteiger partial charge is 0.481 e. The van der Waals surface area contributed by atoms with Gasteiger partial charge in [-0.1, -0.05) is 71.9 Å². The predicted octanol–water partition coefficient (Wildman–Crippen LogP) is -1.87. The number of amides is 9. The number of primary amides is 1. The van der Waals surface area contributed by atoms with Crippen LogP contribution in [-0.4, -0.2) is 154 Å². The van der Waals surface area contributed by atoms with Crippen molar-refractivity contribution in [2.24, 2.45) is 40.7 Å². The Morgan fingerprint density at radius 2 is 0.810 bits per heavy atom. The number of unbranched alkanes of at least 4 members (excludes halogenated alkanes) is 2. The van der Waals surface area contributed by atoms with Crippen LogP contribution in [0.25, 0.3) is 0 Å². The van der Waals surface area contributed by atoms with Crippen molar-refractivity contribution in [1.82, 2.24) is 42.5 Å². The van der Waals surface area contributed by atoms with Gasteiger partial charge in [-0.3, -0.25) is 52.7 Å². The van der Waals surface area contributed by atoms with E-state index in [0.29, 0.717) is 24.8 Å². The Bertz CT molecular complexity index is 2200. The van der Waals surface area contributed by atoms with Crippen molar-refractivity contribution in [2.45, 2.75) is 186 Å². The molecule has 0 aliphatic carbocycles. The van der Waals surface area contributed by atoms with Crippen molar-refractivity contribution in [2.75, 3.05) is 13.1 Å². The van der Waals surface area contributed by atoms with E-state index in [9.17, 15) is 72.9 Å². The number of carbonyl (C=O) groups is 12. The molecule has 27 nitrogen and oxygen atoms in total. The number of hydrogen-bond acceptors (Lipinski definition) is 15. The molecule has 0 radical (unpaired) electrons. The Labute approximate surface area is 460 Å². The molecule has 19 N–H and O–H groups in total. The fraction of sp³-hybridized carbons (Fsp3) is 0.654. The van der Waals surface area contributed by atoms with Crippen molar-refractivity contribution < 1.29 is 72.9 Å². The van der Waals surface area contributed by atoms with Gasteiger partial charge in [0.15, 0.2) is 0 Å². The lowest BCUT2D eigenvalue weighted by Gasteiger charge is -2.28. The number of carboxylic acid groups (broad SMARTS) is 3. The Morgan fingerprint density at radius 1 is 0.443 bits per heavy atom. The smallest absolute Gasteiger partial charge is 0.326 e. The predicted molar refractivity (Wildman–Crippen MR) is 288 cm³/mol. The number of benzene rings is 1. The lowest BCUT2D eigenvalue weighted by Crippen LogP contribution is -2.61. The van der Waals surface area contributed by atoms with Crippen LogP contribution in [0.15, 0.2) is 30.3 Å². The van der Waals surface area contributed by atoms with Gasteiger partial charge in [0, 0.05) is 19.3 Å². The third-order valence-electron chi connectivity index (χ3n) is 12.4. The van der Waals surface area contributed by atoms with Gasteiger partial charge < -0.3 is 80.8 Å². The molecule has 1 rings (SSSR count). The highest BCUT2D eigenvalue weighted by atomic mass is 16.4. The van der Waals surface area contributed by atoms with Gasteiger partial charge in [-0.05, 0) is 101 Å². The van der Waals surface area contributed by atoms with E-state index < -0.39 is 145 Å². The monoisotopic (exact) mass is 1120 g/mol. The Hall–Kier alpha value is -7.26. The van der Waals surface area contributed by atoms with Crippen LogP contribution in [0, 0.1) is 17.8 Å². The summed E-state index contributed by atoms with van der Waals surface area (Å²) in [7, 11) is 0. The zero-order valence-electron chi connectivity index (χ0n) is 46.2. The highest BCUT2D eigenvalue weighted by molar-refractivity contribution is 5.99. The molecule has 1 aromatic rings. The molecular weight excluding hydrogens is 1030 g/mol. The third-order valence-corrected chi connectivity index (χ3v) is 12.4. The number of rotatable bonds is 40. The zero-order chi connectivity index (χ0) is 59.9. The van der Waals surface area contributed by atoms with Gasteiger partial charge >= 0.3 is 17.9 Å². The number of hydrogen-bond donors (Lipinski definition) is 15. The Kier molecular flexibility index (Phi) is 32.5. The Morgan fingerprint density at radius 3 is 1.22 bits per heavy atom. The van der Waals surface area contributed by atoms with Crippen LogP contribution in [-0.2, 0) is 64.0 Å². The maximum absolute atomic E-state index is 14.3. The van der Waals surface area contributed by atoms with Crippen molar-refractivity contribution in [3.05, 3.63) is 35.9 Å². The normalized spacial score (nSPS) is 14.6. The molecule has 444 valence electrons. The summed E-state index contributed by atoms with van der Waals surface area (Å²) in [5.41, 5.74) is 23.4. The van der Waals surface area contributed by atoms with Crippen LogP contribution in [0.2, 0.25) is 0 Å². The summed E-state index contributed by atoms with van der Waals surface area (Å²) in [4.78, 5) is 159. The van der Waals surface area contributed by atoms with Crippen LogP contribution < -0.4 is 65.5 Å². The number of nitrogens with one attached hydrogen (secondary N) is 8. The van der Waals surface area contributed by atoms with E-state index in [0.717, 1.165) is 0 Å². The first kappa shape index (κ1) is 69.8. The molecule has 79 heavy (non-hydrogen) atoms. The fourth-order valence-electron chi connectivity index (χ4n) is 7.93. The van der Waals surface area contributed by atoms with Crippen LogP contribution in [0.1, 0.15) is 131 Å². The Balaban J connectivity index is 3.56. The van der Waals surface area contributed by atoms with Gasteiger partial charge in [-0.25, -0.2) is 4.79 Å². The number of carbonyl (C=O) groups excluding carboxylic acids is 9. The van der Waals surface area contributed by atoms with Gasteiger partial charge in [-0.15, -0.1) is 0 Å². The maximum Gasteiger partial charge on any atom is 0.326 e. The van der Waals surface area contributed by atoms with E-state index in [4.69, 9.17) is 22.9 Å². The van der Waals surface area contributed by atoms with Crippen LogP contribution in [0.3, 0.4) is 0 Å². The molecule has 0 heterocycles. The first-order valence-electron chi connectivity index (χ1n) is 26.7. The highest BCUT2D eigenvalue weighted by Gasteiger charge is 2.36. The number of nitrogens with two attached hydrogens (primary N) is 4. The zero-order valence-corrected chi connectivity index (χ0v) is 46.2. The molecule has 9 atom stereocenters. The average molecular weight is 1120 g/mol. The minimum atomic E-state index is -1.89. The van der Waals surface area contributed by atoms with Crippen LogP contribution >= 0.6 is 0 Å². The quantitative estimate of drug-likeness (QED) is 0.0320. The summed E-state index contributed by atoms with van der Waals surface area (Å²) in [5, 5.41) is 48.9. The van der Waals surface area contributed by atoms with Gasteiger partial charge in [0.05, 0.1) is 12.5 Å². The first-order valence-corrected chi connectivity index (χ1v) is 26.7. The first-order chi connectivity index (χ1) is 37.1. The van der Waals surface area contributed by atoms with Crippen LogP contribution in [0.4, 0.5) is 0 Å². The summed E-state index contributed by atoms with van der Waals surface area (Å²) < 4.78 is 0. The summed E-state index contributed by atoms with van der Waals surface area (Å²) in [6, 6.07) is -4.40. The van der Waals surface area contributed by atoms with Crippen molar-refractivity contribution in [1.29, 1.82) is 0 Å². The topological polar surface area (TPSA) is 466 Å². The summed E-state index contributed by atoms with van der Waals surface area (Å²) in [6.45, 7) is 10.7. The fourth-order valence-corrected chi connectivity index (χ4v) is 7.93. The van der Waals surface area contributed by atoms with E-state index in [1.165, 1.54) is 0 Å². The van der Waals surface area contributed by atoms with Crippen molar-refractivity contribution in [3.8, 4) is 0 Å². The molecule has 0 saturated carbocycles. The molecule has 0 aliphatic rings. The highest BCUT2D eigenvalue weighted by Crippen LogP contribution is 2.13. The molecule has 0 bridgehead atoms. The van der Waals surface area contributed by atoms with E-state index in [-0.39, 0.29) is 82.2 Å². The average Bonchev–Trinajstić information content (AvgIpc) is 3.36. The second kappa shape index (κ2) is 36.8. The van der Waals surface area contributed by atoms with Gasteiger partial charge in [-0.2, -0.15) is 0 Å². The van der Waals surface area contributed by atoms with Crippen molar-refractivity contribution in [3.63, 3.8) is 0 Å². The number of aliphatic carboxylic acids is 3. The molecule has 27 heteroatoms. The minimum absolute atomic E-state index is 0.0203. The minimum Gasteiger partial charge on any atom is -0.481 e. The van der Waals surface area contributed by atoms with Crippen LogP contribution in [0.5, 0.6) is 0 Å². The van der Waals surface area contributed by atoms with E-state index in [1.807, 2.05) is 0 Å².